The standard InChI is InChI=1S/C26H35N3O2/c30-25(19-29-15-13-21-8-4-5-9-23(21)18-29)17-28-26(31)22-12-14-27-24(16-22)11-10-20-6-2-1-3-7-20/h4-5,8-9,12,14,16,20,25,30H,1-3,6-7,10-11,13,15,17-19H2,(H,28,31)/t25-/m0/s1. The van der Waals surface area contributed by atoms with E-state index in [2.05, 4.69) is 39.5 Å². The minimum atomic E-state index is -0.582. The van der Waals surface area contributed by atoms with Gasteiger partial charge in [0.2, 0.25) is 0 Å². The monoisotopic (exact) mass is 421 g/mol. The van der Waals surface area contributed by atoms with Gasteiger partial charge in [0.1, 0.15) is 0 Å². The summed E-state index contributed by atoms with van der Waals surface area (Å²) in [7, 11) is 0. The number of carbonyl (C=O) groups is 1. The van der Waals surface area contributed by atoms with Gasteiger partial charge in [-0.2, -0.15) is 0 Å². The molecule has 5 nitrogen and oxygen atoms in total. The van der Waals surface area contributed by atoms with E-state index in [1.54, 1.807) is 12.3 Å². The van der Waals surface area contributed by atoms with Crippen LogP contribution < -0.4 is 5.32 Å². The van der Waals surface area contributed by atoms with Crippen LogP contribution in [0.25, 0.3) is 0 Å². The Morgan fingerprint density at radius 3 is 2.81 bits per heavy atom. The van der Waals surface area contributed by atoms with Gasteiger partial charge in [-0.15, -0.1) is 0 Å². The average molecular weight is 422 g/mol. The van der Waals surface area contributed by atoms with Crippen LogP contribution >= 0.6 is 0 Å². The fourth-order valence-corrected chi connectivity index (χ4v) is 4.97. The molecule has 0 spiro atoms. The molecule has 1 amide bonds. The van der Waals surface area contributed by atoms with E-state index in [1.807, 2.05) is 6.07 Å². The number of pyridine rings is 1. The second-order valence-corrected chi connectivity index (χ2v) is 9.20. The van der Waals surface area contributed by atoms with Crippen LogP contribution in [-0.2, 0) is 19.4 Å². The number of carbonyl (C=O) groups excluding carboxylic acids is 1. The molecule has 1 aromatic carbocycles. The molecule has 2 heterocycles. The number of aryl methyl sites for hydroxylation is 1. The molecule has 1 atom stereocenters. The van der Waals surface area contributed by atoms with E-state index in [1.165, 1.54) is 43.2 Å². The Morgan fingerprint density at radius 2 is 1.97 bits per heavy atom. The Hall–Kier alpha value is -2.24. The van der Waals surface area contributed by atoms with Gasteiger partial charge in [-0.25, -0.2) is 0 Å². The molecule has 0 unspecified atom stereocenters. The Balaban J connectivity index is 1.22. The number of benzene rings is 1. The molecule has 2 aromatic rings. The van der Waals surface area contributed by atoms with Crippen LogP contribution in [0.15, 0.2) is 42.6 Å². The van der Waals surface area contributed by atoms with Crippen molar-refractivity contribution in [3.8, 4) is 0 Å². The topological polar surface area (TPSA) is 65.5 Å². The Bertz CT molecular complexity index is 863. The first-order chi connectivity index (χ1) is 15.2. The van der Waals surface area contributed by atoms with E-state index < -0.39 is 6.10 Å². The van der Waals surface area contributed by atoms with Crippen molar-refractivity contribution < 1.29 is 9.90 Å². The number of aliphatic hydroxyl groups excluding tert-OH is 1. The molecule has 0 radical (unpaired) electrons. The quantitative estimate of drug-likeness (QED) is 0.681. The molecule has 1 aliphatic heterocycles. The summed E-state index contributed by atoms with van der Waals surface area (Å²) in [4.78, 5) is 19.3. The Labute approximate surface area is 185 Å². The first kappa shape index (κ1) is 22.0. The number of aromatic nitrogens is 1. The normalized spacial score (nSPS) is 18.4. The van der Waals surface area contributed by atoms with Crippen molar-refractivity contribution in [3.05, 3.63) is 65.0 Å². The Kier molecular flexibility index (Phi) is 7.71. The van der Waals surface area contributed by atoms with Gasteiger partial charge in [-0.3, -0.25) is 14.7 Å². The molecule has 1 aromatic heterocycles. The highest BCUT2D eigenvalue weighted by atomic mass is 16.3. The van der Waals surface area contributed by atoms with Gasteiger partial charge in [-0.1, -0.05) is 56.4 Å². The van der Waals surface area contributed by atoms with Crippen molar-refractivity contribution >= 4 is 5.91 Å². The van der Waals surface area contributed by atoms with Gasteiger partial charge in [0, 0.05) is 43.6 Å². The van der Waals surface area contributed by atoms with E-state index in [0.29, 0.717) is 12.1 Å². The van der Waals surface area contributed by atoms with Gasteiger partial charge in [0.05, 0.1) is 6.10 Å². The molecule has 5 heteroatoms. The molecule has 4 rings (SSSR count). The largest absolute Gasteiger partial charge is 0.390 e. The van der Waals surface area contributed by atoms with Crippen LogP contribution in [0.3, 0.4) is 0 Å². The maximum Gasteiger partial charge on any atom is 0.251 e. The number of hydrogen-bond acceptors (Lipinski definition) is 4. The molecule has 166 valence electrons. The number of aliphatic hydroxyl groups is 1. The van der Waals surface area contributed by atoms with Crippen LogP contribution in [0, 0.1) is 5.92 Å². The third kappa shape index (κ3) is 6.37. The zero-order chi connectivity index (χ0) is 21.5. The average Bonchev–Trinajstić information content (AvgIpc) is 2.82. The minimum Gasteiger partial charge on any atom is -0.390 e. The summed E-state index contributed by atoms with van der Waals surface area (Å²) in [6, 6.07) is 12.2. The first-order valence-electron chi connectivity index (χ1n) is 11.9. The van der Waals surface area contributed by atoms with Gasteiger partial charge in [-0.05, 0) is 48.4 Å². The zero-order valence-corrected chi connectivity index (χ0v) is 18.4. The number of nitrogens with one attached hydrogen (secondary N) is 1. The lowest BCUT2D eigenvalue weighted by Gasteiger charge is -2.30. The molecule has 2 aliphatic rings. The fraction of sp³-hybridized carbons (Fsp3) is 0.538. The number of β-amino-alcohol motifs (C(OH)–C–C–N with tert-alkyl or cyclic N) is 1. The maximum atomic E-state index is 12.6. The number of nitrogens with zero attached hydrogens (tertiary/aromatic N) is 2. The lowest BCUT2D eigenvalue weighted by molar-refractivity contribution is 0.0841. The zero-order valence-electron chi connectivity index (χ0n) is 18.4. The summed E-state index contributed by atoms with van der Waals surface area (Å²) in [5, 5.41) is 13.4. The van der Waals surface area contributed by atoms with E-state index in [4.69, 9.17) is 0 Å². The van der Waals surface area contributed by atoms with Crippen LogP contribution in [0.5, 0.6) is 0 Å². The molecule has 2 N–H and O–H groups in total. The van der Waals surface area contributed by atoms with Gasteiger partial charge in [0.25, 0.3) is 5.91 Å². The predicted octanol–water partition coefficient (Wildman–Crippen LogP) is 3.74. The third-order valence-corrected chi connectivity index (χ3v) is 6.79. The summed E-state index contributed by atoms with van der Waals surface area (Å²) in [5.41, 5.74) is 4.36. The van der Waals surface area contributed by atoms with Crippen molar-refractivity contribution in [1.29, 1.82) is 0 Å². The highest BCUT2D eigenvalue weighted by Gasteiger charge is 2.19. The van der Waals surface area contributed by atoms with Crippen LogP contribution in [0.1, 0.15) is 65.7 Å². The van der Waals surface area contributed by atoms with Crippen molar-refractivity contribution in [2.24, 2.45) is 5.92 Å². The highest BCUT2D eigenvalue weighted by molar-refractivity contribution is 5.94. The number of rotatable bonds is 8. The lowest BCUT2D eigenvalue weighted by Crippen LogP contribution is -2.42. The molecule has 0 saturated heterocycles. The van der Waals surface area contributed by atoms with Crippen LogP contribution in [0.4, 0.5) is 0 Å². The van der Waals surface area contributed by atoms with E-state index in [9.17, 15) is 9.90 Å². The van der Waals surface area contributed by atoms with Crippen molar-refractivity contribution in [3.63, 3.8) is 0 Å². The number of hydrogen-bond donors (Lipinski definition) is 2. The van der Waals surface area contributed by atoms with Crippen LogP contribution in [-0.4, -0.2) is 46.6 Å². The molecule has 0 bridgehead atoms. The first-order valence-corrected chi connectivity index (χ1v) is 11.9. The summed E-state index contributed by atoms with van der Waals surface area (Å²) < 4.78 is 0. The molecule has 1 fully saturated rings. The molecule has 1 saturated carbocycles. The van der Waals surface area contributed by atoms with E-state index >= 15 is 0 Å². The fourth-order valence-electron chi connectivity index (χ4n) is 4.97. The summed E-state index contributed by atoms with van der Waals surface area (Å²) in [6.45, 7) is 2.63. The molecule has 1 aliphatic carbocycles. The summed E-state index contributed by atoms with van der Waals surface area (Å²) in [5.74, 6) is 0.675. The summed E-state index contributed by atoms with van der Waals surface area (Å²) >= 11 is 0. The second-order valence-electron chi connectivity index (χ2n) is 9.20. The highest BCUT2D eigenvalue weighted by Crippen LogP contribution is 2.27. The smallest absolute Gasteiger partial charge is 0.251 e. The van der Waals surface area contributed by atoms with Gasteiger partial charge in [0.15, 0.2) is 0 Å². The number of fused-ring (bicyclic) bond motifs is 1. The second kappa shape index (κ2) is 10.9. The van der Waals surface area contributed by atoms with Crippen molar-refractivity contribution in [2.75, 3.05) is 19.6 Å². The van der Waals surface area contributed by atoms with Gasteiger partial charge < -0.3 is 10.4 Å². The number of amides is 1. The summed E-state index contributed by atoms with van der Waals surface area (Å²) in [6.07, 6.45) is 11.0. The Morgan fingerprint density at radius 1 is 1.16 bits per heavy atom. The minimum absolute atomic E-state index is 0.135. The van der Waals surface area contributed by atoms with Crippen LogP contribution in [0.2, 0.25) is 0 Å². The SMILES string of the molecule is O=C(NC[C@H](O)CN1CCc2ccccc2C1)c1ccnc(CCC2CCCCC2)c1. The molecular weight excluding hydrogens is 386 g/mol. The third-order valence-electron chi connectivity index (χ3n) is 6.79. The van der Waals surface area contributed by atoms with E-state index in [-0.39, 0.29) is 12.5 Å². The lowest BCUT2D eigenvalue weighted by atomic mass is 9.86. The van der Waals surface area contributed by atoms with Crippen molar-refractivity contribution in [1.82, 2.24) is 15.2 Å². The molecule has 31 heavy (non-hydrogen) atoms. The maximum absolute atomic E-state index is 12.6. The van der Waals surface area contributed by atoms with E-state index in [0.717, 1.165) is 44.0 Å². The predicted molar refractivity (Wildman–Crippen MR) is 123 cm³/mol. The van der Waals surface area contributed by atoms with Gasteiger partial charge >= 0.3 is 0 Å². The van der Waals surface area contributed by atoms with Crippen molar-refractivity contribution in [2.45, 2.75) is 64.0 Å². The molecular formula is C26H35N3O2.